The fourth-order valence-electron chi connectivity index (χ4n) is 3.13. The van der Waals surface area contributed by atoms with Crippen LogP contribution in [0.4, 0.5) is 0 Å². The van der Waals surface area contributed by atoms with Gasteiger partial charge in [0, 0.05) is 12.3 Å². The Hall–Kier alpha value is -1.25. The van der Waals surface area contributed by atoms with E-state index in [4.69, 9.17) is 9.84 Å². The molecule has 0 saturated carbocycles. The van der Waals surface area contributed by atoms with Crippen molar-refractivity contribution in [2.24, 2.45) is 5.92 Å². The summed E-state index contributed by atoms with van der Waals surface area (Å²) in [6.07, 6.45) is -1.20. The molecule has 1 aliphatic rings. The molecule has 6 nitrogen and oxygen atoms in total. The summed E-state index contributed by atoms with van der Waals surface area (Å²) in [5, 5.41) is 29.1. The highest BCUT2D eigenvalue weighted by Gasteiger charge is 2.45. The van der Waals surface area contributed by atoms with Crippen molar-refractivity contribution in [3.05, 3.63) is 42.5 Å². The van der Waals surface area contributed by atoms with Crippen LogP contribution in [0.1, 0.15) is 18.4 Å². The van der Waals surface area contributed by atoms with Crippen molar-refractivity contribution >= 4 is 9.84 Å². The number of hydrogen-bond donors (Lipinski definition) is 3. The maximum atomic E-state index is 12.7. The predicted molar refractivity (Wildman–Crippen MR) is 93.9 cm³/mol. The topological polar surface area (TPSA) is 104 Å². The standard InChI is InChI=1S/C18H26O6S/c1-3-4-16-15(18(21)17(24-16)9-13(20)10-19)11-25(22,23)14-7-5-12(2)6-8-14/h3,5-8,13,15-21H,1,4,9-11H2,2H3/t13-,15-,16-,17-,18+/m0/s1. The summed E-state index contributed by atoms with van der Waals surface area (Å²) < 4.78 is 31.1. The zero-order valence-corrected chi connectivity index (χ0v) is 15.1. The highest BCUT2D eigenvalue weighted by molar-refractivity contribution is 7.91. The summed E-state index contributed by atoms with van der Waals surface area (Å²) in [5.74, 6) is -0.873. The summed E-state index contributed by atoms with van der Waals surface area (Å²) in [4.78, 5) is 0.210. The van der Waals surface area contributed by atoms with E-state index in [0.29, 0.717) is 6.42 Å². The minimum atomic E-state index is -3.59. The summed E-state index contributed by atoms with van der Waals surface area (Å²) >= 11 is 0. The third kappa shape index (κ3) is 4.89. The summed E-state index contributed by atoms with van der Waals surface area (Å²) in [7, 11) is -3.59. The molecule has 3 N–H and O–H groups in total. The number of aliphatic hydroxyl groups is 3. The van der Waals surface area contributed by atoms with E-state index >= 15 is 0 Å². The Labute approximate surface area is 148 Å². The second-order valence-electron chi connectivity index (χ2n) is 6.56. The number of rotatable bonds is 8. The van der Waals surface area contributed by atoms with Crippen molar-refractivity contribution < 1.29 is 28.5 Å². The molecule has 1 heterocycles. The molecule has 5 atom stereocenters. The molecular formula is C18H26O6S. The lowest BCUT2D eigenvalue weighted by Crippen LogP contribution is -2.35. The molecule has 0 aromatic heterocycles. The summed E-state index contributed by atoms with van der Waals surface area (Å²) in [5.41, 5.74) is 0.964. The molecule has 0 spiro atoms. The van der Waals surface area contributed by atoms with Crippen LogP contribution >= 0.6 is 0 Å². The molecule has 7 heteroatoms. The largest absolute Gasteiger partial charge is 0.394 e. The molecular weight excluding hydrogens is 344 g/mol. The Morgan fingerprint density at radius 1 is 1.28 bits per heavy atom. The fourth-order valence-corrected chi connectivity index (χ4v) is 4.80. The van der Waals surface area contributed by atoms with Gasteiger partial charge in [0.2, 0.25) is 0 Å². The Kier molecular flexibility index (Phi) is 6.76. The lowest BCUT2D eigenvalue weighted by atomic mass is 9.94. The van der Waals surface area contributed by atoms with Gasteiger partial charge in [-0.15, -0.1) is 6.58 Å². The first-order chi connectivity index (χ1) is 11.8. The molecule has 140 valence electrons. The number of ether oxygens (including phenoxy) is 1. The minimum Gasteiger partial charge on any atom is -0.394 e. The normalized spacial score (nSPS) is 28.0. The molecule has 2 rings (SSSR count). The first-order valence-corrected chi connectivity index (χ1v) is 9.96. The van der Waals surface area contributed by atoms with Crippen LogP contribution in [0.25, 0.3) is 0 Å². The molecule has 1 saturated heterocycles. The van der Waals surface area contributed by atoms with Crippen molar-refractivity contribution in [1.82, 2.24) is 0 Å². The number of benzene rings is 1. The van der Waals surface area contributed by atoms with Crippen LogP contribution in [0.5, 0.6) is 0 Å². The molecule has 1 aliphatic heterocycles. The number of aliphatic hydroxyl groups excluding tert-OH is 3. The van der Waals surface area contributed by atoms with Crippen LogP contribution in [-0.2, 0) is 14.6 Å². The molecule has 25 heavy (non-hydrogen) atoms. The molecule has 1 aromatic rings. The second-order valence-corrected chi connectivity index (χ2v) is 8.59. The Morgan fingerprint density at radius 3 is 2.48 bits per heavy atom. The first kappa shape index (κ1) is 20.1. The highest BCUT2D eigenvalue weighted by Crippen LogP contribution is 2.34. The van der Waals surface area contributed by atoms with Gasteiger partial charge in [-0.1, -0.05) is 23.8 Å². The highest BCUT2D eigenvalue weighted by atomic mass is 32.2. The van der Waals surface area contributed by atoms with Gasteiger partial charge in [-0.3, -0.25) is 0 Å². The van der Waals surface area contributed by atoms with E-state index in [1.807, 2.05) is 6.92 Å². The first-order valence-electron chi connectivity index (χ1n) is 8.31. The van der Waals surface area contributed by atoms with E-state index in [0.717, 1.165) is 5.56 Å². The monoisotopic (exact) mass is 370 g/mol. The van der Waals surface area contributed by atoms with Crippen molar-refractivity contribution in [3.63, 3.8) is 0 Å². The molecule has 1 fully saturated rings. The van der Waals surface area contributed by atoms with Crippen molar-refractivity contribution in [1.29, 1.82) is 0 Å². The van der Waals surface area contributed by atoms with E-state index < -0.39 is 46.8 Å². The zero-order chi connectivity index (χ0) is 18.6. The van der Waals surface area contributed by atoms with Crippen molar-refractivity contribution in [3.8, 4) is 0 Å². The fraction of sp³-hybridized carbons (Fsp3) is 0.556. The van der Waals surface area contributed by atoms with E-state index in [2.05, 4.69) is 6.58 Å². The van der Waals surface area contributed by atoms with Crippen LogP contribution < -0.4 is 0 Å². The van der Waals surface area contributed by atoms with Crippen LogP contribution in [-0.4, -0.2) is 60.5 Å². The van der Waals surface area contributed by atoms with Gasteiger partial charge in [-0.05, 0) is 25.5 Å². The zero-order valence-electron chi connectivity index (χ0n) is 14.3. The smallest absolute Gasteiger partial charge is 0.178 e. The lowest BCUT2D eigenvalue weighted by Gasteiger charge is -2.20. The third-order valence-electron chi connectivity index (χ3n) is 4.55. The molecule has 0 aliphatic carbocycles. The van der Waals surface area contributed by atoms with Gasteiger partial charge in [-0.2, -0.15) is 0 Å². The van der Waals surface area contributed by atoms with Gasteiger partial charge in [0.15, 0.2) is 9.84 Å². The molecule has 0 unspecified atom stereocenters. The predicted octanol–water partition coefficient (Wildman–Crippen LogP) is 0.833. The molecule has 1 aromatic carbocycles. The summed E-state index contributed by atoms with van der Waals surface area (Å²) in [6, 6.07) is 6.58. The van der Waals surface area contributed by atoms with Crippen molar-refractivity contribution in [2.45, 2.75) is 49.1 Å². The van der Waals surface area contributed by atoms with Crippen molar-refractivity contribution in [2.75, 3.05) is 12.4 Å². The van der Waals surface area contributed by atoms with Gasteiger partial charge in [0.25, 0.3) is 0 Å². The van der Waals surface area contributed by atoms with Crippen LogP contribution in [0.2, 0.25) is 0 Å². The maximum absolute atomic E-state index is 12.7. The Bertz CT molecular complexity index is 669. The second kappa shape index (κ2) is 8.42. The minimum absolute atomic E-state index is 0.0480. The lowest BCUT2D eigenvalue weighted by molar-refractivity contribution is -0.0289. The number of sulfone groups is 1. The van der Waals surface area contributed by atoms with Crippen LogP contribution in [0, 0.1) is 12.8 Å². The number of aryl methyl sites for hydroxylation is 1. The van der Waals surface area contributed by atoms with E-state index in [1.165, 1.54) is 0 Å². The summed E-state index contributed by atoms with van der Waals surface area (Å²) in [6.45, 7) is 5.09. The average Bonchev–Trinajstić information content (AvgIpc) is 2.84. The SMILES string of the molecule is C=CC[C@@H]1O[C@@H](C[C@H](O)CO)[C@H](O)[C@H]1CS(=O)(=O)c1ccc(C)cc1. The average molecular weight is 370 g/mol. The van der Waals surface area contributed by atoms with E-state index in [-0.39, 0.29) is 17.1 Å². The third-order valence-corrected chi connectivity index (χ3v) is 6.37. The Morgan fingerprint density at radius 2 is 1.92 bits per heavy atom. The quantitative estimate of drug-likeness (QED) is 0.586. The van der Waals surface area contributed by atoms with Crippen LogP contribution in [0.15, 0.2) is 41.8 Å². The van der Waals surface area contributed by atoms with E-state index in [1.54, 1.807) is 30.3 Å². The molecule has 0 bridgehead atoms. The van der Waals surface area contributed by atoms with Gasteiger partial charge in [0.1, 0.15) is 0 Å². The Balaban J connectivity index is 2.19. The van der Waals surface area contributed by atoms with Gasteiger partial charge in [0.05, 0.1) is 41.7 Å². The maximum Gasteiger partial charge on any atom is 0.178 e. The van der Waals surface area contributed by atoms with Gasteiger partial charge >= 0.3 is 0 Å². The van der Waals surface area contributed by atoms with Gasteiger partial charge < -0.3 is 20.1 Å². The molecule has 0 amide bonds. The molecule has 0 radical (unpaired) electrons. The van der Waals surface area contributed by atoms with Gasteiger partial charge in [-0.25, -0.2) is 8.42 Å². The number of hydrogen-bond acceptors (Lipinski definition) is 6. The van der Waals surface area contributed by atoms with E-state index in [9.17, 15) is 18.6 Å². The van der Waals surface area contributed by atoms with Crippen LogP contribution in [0.3, 0.4) is 0 Å².